The Hall–Kier alpha value is -1.10. The Morgan fingerprint density at radius 2 is 2.07 bits per heavy atom. The van der Waals surface area contributed by atoms with Gasteiger partial charge in [-0.15, -0.1) is 0 Å². The average Bonchev–Trinajstić information content (AvgIpc) is 2.10. The van der Waals surface area contributed by atoms with Crippen molar-refractivity contribution in [2.45, 2.75) is 19.1 Å². The lowest BCUT2D eigenvalue weighted by atomic mass is 10.2. The molecule has 84 valence electrons. The molecule has 0 bridgehead atoms. The summed E-state index contributed by atoms with van der Waals surface area (Å²) in [5.41, 5.74) is 6.21. The van der Waals surface area contributed by atoms with Crippen molar-refractivity contribution in [2.24, 2.45) is 0 Å². The van der Waals surface area contributed by atoms with E-state index in [9.17, 15) is 12.8 Å². The summed E-state index contributed by atoms with van der Waals surface area (Å²) in [6.45, 7) is 1.78. The number of nitrogens with two attached hydrogens (primary N) is 1. The number of hydrogen-bond acceptors (Lipinski definition) is 3. The van der Waals surface area contributed by atoms with Gasteiger partial charge in [0.2, 0.25) is 0 Å². The molecule has 0 fully saturated rings. The first-order valence-corrected chi connectivity index (χ1v) is 6.51. The van der Waals surface area contributed by atoms with Crippen LogP contribution in [0.15, 0.2) is 18.2 Å². The van der Waals surface area contributed by atoms with Gasteiger partial charge in [-0.05, 0) is 30.2 Å². The van der Waals surface area contributed by atoms with Gasteiger partial charge in [-0.2, -0.15) is 0 Å². The molecule has 15 heavy (non-hydrogen) atoms. The minimum absolute atomic E-state index is 0.100. The molecule has 0 aliphatic heterocycles. The van der Waals surface area contributed by atoms with E-state index in [1.807, 2.05) is 0 Å². The van der Waals surface area contributed by atoms with Crippen molar-refractivity contribution in [1.82, 2.24) is 0 Å². The standard InChI is InChI=1S/C10H14FNO2S/c1-2-5-15(13,14)7-8-6-9(11)3-4-10(8)12/h3-4,6H,2,5,7,12H2,1H3. The van der Waals surface area contributed by atoms with Gasteiger partial charge in [-0.25, -0.2) is 12.8 Å². The van der Waals surface area contributed by atoms with Gasteiger partial charge in [0.1, 0.15) is 5.82 Å². The smallest absolute Gasteiger partial charge is 0.154 e. The van der Waals surface area contributed by atoms with Gasteiger partial charge in [-0.1, -0.05) is 6.92 Å². The second kappa shape index (κ2) is 4.61. The molecule has 0 unspecified atom stereocenters. The number of nitrogen functional groups attached to an aromatic ring is 1. The van der Waals surface area contributed by atoms with Crippen LogP contribution in [0.25, 0.3) is 0 Å². The van der Waals surface area contributed by atoms with Crippen molar-refractivity contribution in [3.63, 3.8) is 0 Å². The van der Waals surface area contributed by atoms with Crippen LogP contribution < -0.4 is 5.73 Å². The quantitative estimate of drug-likeness (QED) is 0.803. The second-order valence-corrected chi connectivity index (χ2v) is 5.62. The second-order valence-electron chi connectivity index (χ2n) is 3.44. The van der Waals surface area contributed by atoms with Gasteiger partial charge in [0, 0.05) is 5.69 Å². The molecule has 0 aliphatic carbocycles. The maximum atomic E-state index is 12.9. The average molecular weight is 231 g/mol. The first kappa shape index (κ1) is 12.0. The fourth-order valence-electron chi connectivity index (χ4n) is 1.32. The Kier molecular flexibility index (Phi) is 3.68. The molecule has 0 radical (unpaired) electrons. The van der Waals surface area contributed by atoms with Gasteiger partial charge in [0.05, 0.1) is 11.5 Å². The molecule has 0 amide bonds. The Labute approximate surface area is 89.0 Å². The molecule has 3 nitrogen and oxygen atoms in total. The van der Waals surface area contributed by atoms with Crippen LogP contribution in [0.1, 0.15) is 18.9 Å². The van der Waals surface area contributed by atoms with Crippen LogP contribution in [-0.2, 0) is 15.6 Å². The molecule has 0 heterocycles. The summed E-state index contributed by atoms with van der Waals surface area (Å²) in [6.07, 6.45) is 0.553. The van der Waals surface area contributed by atoms with E-state index >= 15 is 0 Å². The third kappa shape index (κ3) is 3.51. The van der Waals surface area contributed by atoms with E-state index in [1.165, 1.54) is 18.2 Å². The Balaban J connectivity index is 2.94. The SMILES string of the molecule is CCCS(=O)(=O)Cc1cc(F)ccc1N. The number of rotatable bonds is 4. The fourth-order valence-corrected chi connectivity index (χ4v) is 2.81. The summed E-state index contributed by atoms with van der Waals surface area (Å²) in [5, 5.41) is 0. The van der Waals surface area contributed by atoms with Crippen molar-refractivity contribution >= 4 is 15.5 Å². The van der Waals surface area contributed by atoms with E-state index in [4.69, 9.17) is 5.73 Å². The zero-order chi connectivity index (χ0) is 11.5. The minimum atomic E-state index is -3.17. The highest BCUT2D eigenvalue weighted by molar-refractivity contribution is 7.90. The monoisotopic (exact) mass is 231 g/mol. The summed E-state index contributed by atoms with van der Waals surface area (Å²) >= 11 is 0. The summed E-state index contributed by atoms with van der Waals surface area (Å²) in [7, 11) is -3.17. The molecule has 2 N–H and O–H groups in total. The lowest BCUT2D eigenvalue weighted by molar-refractivity contribution is 0.593. The molecule has 0 atom stereocenters. The van der Waals surface area contributed by atoms with Gasteiger partial charge >= 0.3 is 0 Å². The van der Waals surface area contributed by atoms with Gasteiger partial charge in [0.15, 0.2) is 9.84 Å². The molecule has 1 aromatic rings. The third-order valence-electron chi connectivity index (χ3n) is 2.00. The molecule has 0 spiro atoms. The number of hydrogen-bond donors (Lipinski definition) is 1. The number of sulfone groups is 1. The van der Waals surface area contributed by atoms with Crippen molar-refractivity contribution in [2.75, 3.05) is 11.5 Å². The highest BCUT2D eigenvalue weighted by Crippen LogP contribution is 2.17. The lowest BCUT2D eigenvalue weighted by Gasteiger charge is -2.06. The maximum Gasteiger partial charge on any atom is 0.154 e. The van der Waals surface area contributed by atoms with E-state index in [1.54, 1.807) is 6.92 Å². The van der Waals surface area contributed by atoms with Crippen molar-refractivity contribution in [1.29, 1.82) is 0 Å². The van der Waals surface area contributed by atoms with E-state index in [0.29, 0.717) is 17.7 Å². The van der Waals surface area contributed by atoms with Crippen LogP contribution in [-0.4, -0.2) is 14.2 Å². The van der Waals surface area contributed by atoms with E-state index in [0.717, 1.165) is 0 Å². The maximum absolute atomic E-state index is 12.9. The first-order valence-electron chi connectivity index (χ1n) is 4.69. The molecule has 1 aromatic carbocycles. The number of halogens is 1. The molecule has 1 rings (SSSR count). The summed E-state index contributed by atoms with van der Waals surface area (Å²) in [5.74, 6) is -0.557. The van der Waals surface area contributed by atoms with Crippen molar-refractivity contribution < 1.29 is 12.8 Å². The summed E-state index contributed by atoms with van der Waals surface area (Å²) in [4.78, 5) is 0. The summed E-state index contributed by atoms with van der Waals surface area (Å²) < 4.78 is 35.8. The van der Waals surface area contributed by atoms with Crippen LogP contribution in [0.2, 0.25) is 0 Å². The Morgan fingerprint density at radius 3 is 2.67 bits per heavy atom. The molecule has 0 saturated heterocycles. The normalized spacial score (nSPS) is 11.6. The molecule has 5 heteroatoms. The van der Waals surface area contributed by atoms with Crippen LogP contribution in [0, 0.1) is 5.82 Å². The molecule has 0 aliphatic rings. The minimum Gasteiger partial charge on any atom is -0.398 e. The van der Waals surface area contributed by atoms with Crippen LogP contribution in [0.3, 0.4) is 0 Å². The van der Waals surface area contributed by atoms with E-state index in [-0.39, 0.29) is 11.5 Å². The largest absolute Gasteiger partial charge is 0.398 e. The fraction of sp³-hybridized carbons (Fsp3) is 0.400. The highest BCUT2D eigenvalue weighted by atomic mass is 32.2. The van der Waals surface area contributed by atoms with Crippen LogP contribution >= 0.6 is 0 Å². The highest BCUT2D eigenvalue weighted by Gasteiger charge is 2.13. The molecular weight excluding hydrogens is 217 g/mol. The van der Waals surface area contributed by atoms with Crippen LogP contribution in [0.5, 0.6) is 0 Å². The van der Waals surface area contributed by atoms with Crippen molar-refractivity contribution in [3.05, 3.63) is 29.6 Å². The predicted molar refractivity (Wildman–Crippen MR) is 58.6 cm³/mol. The van der Waals surface area contributed by atoms with Gasteiger partial charge < -0.3 is 5.73 Å². The first-order chi connectivity index (χ1) is 6.94. The predicted octanol–water partition coefficient (Wildman–Crippen LogP) is 1.73. The van der Waals surface area contributed by atoms with Crippen LogP contribution in [0.4, 0.5) is 10.1 Å². The van der Waals surface area contributed by atoms with E-state index in [2.05, 4.69) is 0 Å². The molecule has 0 saturated carbocycles. The van der Waals surface area contributed by atoms with Gasteiger partial charge in [0.25, 0.3) is 0 Å². The zero-order valence-corrected chi connectivity index (χ0v) is 9.35. The number of benzene rings is 1. The molecule has 0 aromatic heterocycles. The lowest BCUT2D eigenvalue weighted by Crippen LogP contribution is -2.10. The number of anilines is 1. The summed E-state index contributed by atoms with van der Waals surface area (Å²) in [6, 6.07) is 3.76. The Morgan fingerprint density at radius 1 is 1.40 bits per heavy atom. The zero-order valence-electron chi connectivity index (χ0n) is 8.53. The van der Waals surface area contributed by atoms with E-state index < -0.39 is 15.7 Å². The van der Waals surface area contributed by atoms with Gasteiger partial charge in [-0.3, -0.25) is 0 Å². The molecular formula is C10H14FNO2S. The third-order valence-corrected chi connectivity index (χ3v) is 3.78. The Bertz CT molecular complexity index is 443. The van der Waals surface area contributed by atoms with Crippen molar-refractivity contribution in [3.8, 4) is 0 Å². The topological polar surface area (TPSA) is 60.2 Å².